The highest BCUT2D eigenvalue weighted by Crippen LogP contribution is 2.22. The van der Waals surface area contributed by atoms with Gasteiger partial charge in [-0.1, -0.05) is 6.07 Å². The van der Waals surface area contributed by atoms with Crippen molar-refractivity contribution in [1.29, 1.82) is 0 Å². The number of hydrogen-bond donors (Lipinski definition) is 3. The number of carbonyl (C=O) groups excluding carboxylic acids is 1. The van der Waals surface area contributed by atoms with Gasteiger partial charge in [0.25, 0.3) is 0 Å². The maximum atomic E-state index is 13.5. The van der Waals surface area contributed by atoms with Crippen molar-refractivity contribution in [2.45, 2.75) is 0 Å². The number of fused-ring (bicyclic) bond motifs is 1. The van der Waals surface area contributed by atoms with E-state index in [4.69, 9.17) is 0 Å². The molecule has 6 heteroatoms. The fourth-order valence-electron chi connectivity index (χ4n) is 1.46. The van der Waals surface area contributed by atoms with Gasteiger partial charge in [-0.15, -0.1) is 0 Å². The van der Waals surface area contributed by atoms with Crippen LogP contribution in [0.2, 0.25) is 0 Å². The van der Waals surface area contributed by atoms with E-state index in [9.17, 15) is 9.18 Å². The minimum absolute atomic E-state index is 0.156. The molecule has 0 radical (unpaired) electrons. The third-order valence-corrected chi connectivity index (χ3v) is 2.13. The van der Waals surface area contributed by atoms with Gasteiger partial charge in [-0.05, 0) is 19.2 Å². The minimum atomic E-state index is -0.411. The molecular weight excluding hydrogens is 211 g/mol. The van der Waals surface area contributed by atoms with Crippen molar-refractivity contribution >= 4 is 22.6 Å². The molecule has 1 heterocycles. The summed E-state index contributed by atoms with van der Waals surface area (Å²) in [6, 6.07) is 4.60. The van der Waals surface area contributed by atoms with Gasteiger partial charge in [0, 0.05) is 0 Å². The Labute approximate surface area is 91.0 Å². The van der Waals surface area contributed by atoms with Crippen molar-refractivity contribution in [2.75, 3.05) is 18.9 Å². The first kappa shape index (κ1) is 10.6. The average molecular weight is 222 g/mol. The second-order valence-electron chi connectivity index (χ2n) is 3.31. The normalized spacial score (nSPS) is 10.6. The van der Waals surface area contributed by atoms with Crippen molar-refractivity contribution in [3.05, 3.63) is 24.0 Å². The van der Waals surface area contributed by atoms with Crippen LogP contribution in [-0.2, 0) is 4.79 Å². The second kappa shape index (κ2) is 4.28. The van der Waals surface area contributed by atoms with Gasteiger partial charge in [-0.3, -0.25) is 9.89 Å². The lowest BCUT2D eigenvalue weighted by atomic mass is 10.2. The molecule has 0 aliphatic carbocycles. The number of rotatable bonds is 3. The van der Waals surface area contributed by atoms with Crippen LogP contribution in [-0.4, -0.2) is 29.7 Å². The smallest absolute Gasteiger partial charge is 0.239 e. The number of halogens is 1. The van der Waals surface area contributed by atoms with E-state index in [1.807, 2.05) is 0 Å². The molecule has 1 amide bonds. The van der Waals surface area contributed by atoms with Crippen LogP contribution in [0.1, 0.15) is 0 Å². The molecule has 0 saturated heterocycles. The molecular formula is C10H11FN4O. The lowest BCUT2D eigenvalue weighted by Crippen LogP contribution is -2.25. The summed E-state index contributed by atoms with van der Waals surface area (Å²) in [5.74, 6) is -0.460. The summed E-state index contributed by atoms with van der Waals surface area (Å²) in [5, 5.41) is 12.0. The van der Waals surface area contributed by atoms with Gasteiger partial charge in [0.2, 0.25) is 5.91 Å². The highest BCUT2D eigenvalue weighted by atomic mass is 19.1. The topological polar surface area (TPSA) is 69.8 Å². The molecule has 0 aliphatic rings. The number of aromatic amines is 1. The Balaban J connectivity index is 2.34. The summed E-state index contributed by atoms with van der Waals surface area (Å²) < 4.78 is 13.5. The molecule has 0 fully saturated rings. The Bertz CT molecular complexity index is 523. The highest BCUT2D eigenvalue weighted by Gasteiger charge is 2.11. The van der Waals surface area contributed by atoms with Crippen molar-refractivity contribution in [3.8, 4) is 0 Å². The Morgan fingerprint density at radius 1 is 1.56 bits per heavy atom. The molecule has 0 bridgehead atoms. The number of nitrogens with one attached hydrogen (secondary N) is 3. The van der Waals surface area contributed by atoms with Gasteiger partial charge in [-0.2, -0.15) is 5.10 Å². The first-order valence-corrected chi connectivity index (χ1v) is 4.79. The molecule has 2 aromatic rings. The van der Waals surface area contributed by atoms with E-state index < -0.39 is 5.82 Å². The molecule has 16 heavy (non-hydrogen) atoms. The maximum Gasteiger partial charge on any atom is 0.239 e. The highest BCUT2D eigenvalue weighted by molar-refractivity contribution is 6.00. The third kappa shape index (κ3) is 1.87. The largest absolute Gasteiger partial charge is 0.311 e. The number of hydrogen-bond acceptors (Lipinski definition) is 3. The Morgan fingerprint density at radius 3 is 3.12 bits per heavy atom. The molecule has 0 aliphatic heterocycles. The van der Waals surface area contributed by atoms with E-state index in [2.05, 4.69) is 20.8 Å². The van der Waals surface area contributed by atoms with Crippen molar-refractivity contribution in [2.24, 2.45) is 0 Å². The fourth-order valence-corrected chi connectivity index (χ4v) is 1.46. The quantitative estimate of drug-likeness (QED) is 0.721. The summed E-state index contributed by atoms with van der Waals surface area (Å²) in [5.41, 5.74) is 0.555. The number of benzene rings is 1. The Morgan fingerprint density at radius 2 is 2.38 bits per heavy atom. The lowest BCUT2D eigenvalue weighted by molar-refractivity contribution is -0.115. The van der Waals surface area contributed by atoms with Crippen LogP contribution in [0, 0.1) is 5.82 Å². The molecule has 3 N–H and O–H groups in total. The van der Waals surface area contributed by atoms with Crippen molar-refractivity contribution in [1.82, 2.24) is 15.5 Å². The monoisotopic (exact) mass is 222 g/mol. The summed E-state index contributed by atoms with van der Waals surface area (Å²) in [4.78, 5) is 11.3. The van der Waals surface area contributed by atoms with Crippen molar-refractivity contribution in [3.63, 3.8) is 0 Å². The molecule has 2 rings (SSSR count). The van der Waals surface area contributed by atoms with Crippen LogP contribution < -0.4 is 10.6 Å². The number of amides is 1. The van der Waals surface area contributed by atoms with E-state index in [1.54, 1.807) is 19.2 Å². The molecule has 0 unspecified atom stereocenters. The molecule has 0 saturated carbocycles. The zero-order valence-corrected chi connectivity index (χ0v) is 8.67. The Kier molecular flexibility index (Phi) is 2.82. The number of nitrogens with zero attached hydrogens (tertiary/aromatic N) is 1. The number of likely N-dealkylation sites (N-methyl/N-ethyl adjacent to an activating group) is 1. The SMILES string of the molecule is CNCC(=O)Nc1n[nH]c2cccc(F)c12. The zero-order valence-electron chi connectivity index (χ0n) is 8.67. The standard InChI is InChI=1S/C10H11FN4O/c1-12-5-8(16)13-10-9-6(11)3-2-4-7(9)14-15-10/h2-4,12H,5H2,1H3,(H2,13,14,15,16). The summed E-state index contributed by atoms with van der Waals surface area (Å²) in [6.45, 7) is 0.156. The van der Waals surface area contributed by atoms with Gasteiger partial charge in [-0.25, -0.2) is 4.39 Å². The number of H-pyrrole nitrogens is 1. The molecule has 1 aromatic carbocycles. The average Bonchev–Trinajstić information content (AvgIpc) is 2.63. The van der Waals surface area contributed by atoms with E-state index in [0.717, 1.165) is 0 Å². The molecule has 0 spiro atoms. The number of aromatic nitrogens is 2. The van der Waals surface area contributed by atoms with E-state index in [-0.39, 0.29) is 18.3 Å². The third-order valence-electron chi connectivity index (χ3n) is 2.13. The van der Waals surface area contributed by atoms with Crippen LogP contribution in [0.3, 0.4) is 0 Å². The molecule has 84 valence electrons. The summed E-state index contributed by atoms with van der Waals surface area (Å²) in [7, 11) is 1.66. The summed E-state index contributed by atoms with van der Waals surface area (Å²) in [6.07, 6.45) is 0. The van der Waals surface area contributed by atoms with E-state index >= 15 is 0 Å². The van der Waals surface area contributed by atoms with E-state index in [1.165, 1.54) is 6.07 Å². The first-order chi connectivity index (χ1) is 7.72. The van der Waals surface area contributed by atoms with E-state index in [0.29, 0.717) is 10.9 Å². The van der Waals surface area contributed by atoms with Gasteiger partial charge in [0.1, 0.15) is 5.82 Å². The zero-order chi connectivity index (χ0) is 11.5. The van der Waals surface area contributed by atoms with Crippen LogP contribution in [0.5, 0.6) is 0 Å². The molecule has 0 atom stereocenters. The lowest BCUT2D eigenvalue weighted by Gasteiger charge is -2.01. The fraction of sp³-hybridized carbons (Fsp3) is 0.200. The van der Waals surface area contributed by atoms with Gasteiger partial charge < -0.3 is 10.6 Å². The van der Waals surface area contributed by atoms with Crippen LogP contribution in [0.15, 0.2) is 18.2 Å². The van der Waals surface area contributed by atoms with Gasteiger partial charge in [0.05, 0.1) is 17.4 Å². The molecule has 1 aromatic heterocycles. The van der Waals surface area contributed by atoms with Crippen LogP contribution >= 0.6 is 0 Å². The predicted molar refractivity (Wildman–Crippen MR) is 58.6 cm³/mol. The molecule has 5 nitrogen and oxygen atoms in total. The number of anilines is 1. The Hall–Kier alpha value is -1.95. The van der Waals surface area contributed by atoms with Gasteiger partial charge >= 0.3 is 0 Å². The second-order valence-corrected chi connectivity index (χ2v) is 3.31. The van der Waals surface area contributed by atoms with Crippen molar-refractivity contribution < 1.29 is 9.18 Å². The minimum Gasteiger partial charge on any atom is -0.311 e. The van der Waals surface area contributed by atoms with Crippen LogP contribution in [0.25, 0.3) is 10.9 Å². The summed E-state index contributed by atoms with van der Waals surface area (Å²) >= 11 is 0. The van der Waals surface area contributed by atoms with Gasteiger partial charge in [0.15, 0.2) is 5.82 Å². The predicted octanol–water partition coefficient (Wildman–Crippen LogP) is 0.860. The maximum absolute atomic E-state index is 13.5. The van der Waals surface area contributed by atoms with Crippen LogP contribution in [0.4, 0.5) is 10.2 Å². The first-order valence-electron chi connectivity index (χ1n) is 4.79. The number of carbonyl (C=O) groups is 1.